The smallest absolute Gasteiger partial charge is 0.193 e. The van der Waals surface area contributed by atoms with Crippen molar-refractivity contribution in [1.82, 2.24) is 4.90 Å². The van der Waals surface area contributed by atoms with Crippen molar-refractivity contribution in [2.75, 3.05) is 18.4 Å². The van der Waals surface area contributed by atoms with Crippen LogP contribution in [-0.2, 0) is 0 Å². The lowest BCUT2D eigenvalue weighted by Gasteiger charge is -2.43. The van der Waals surface area contributed by atoms with Crippen molar-refractivity contribution in [3.8, 4) is 0 Å². The molecule has 3 heteroatoms. The van der Waals surface area contributed by atoms with E-state index >= 15 is 0 Å². The van der Waals surface area contributed by atoms with Gasteiger partial charge in [-0.1, -0.05) is 135 Å². The molecule has 1 aliphatic carbocycles. The molecule has 1 saturated carbocycles. The van der Waals surface area contributed by atoms with E-state index in [1.54, 1.807) is 22.1 Å². The SMILES string of the molecule is B1c2ccccc2C(C2CCCN(C3CCCCCCCCCC(Nc4ccccc4)CCCC3)C2)c2ccccc21. The van der Waals surface area contributed by atoms with Crippen LogP contribution in [0.25, 0.3) is 0 Å². The first-order chi connectivity index (χ1) is 20.8. The molecule has 2 aliphatic heterocycles. The summed E-state index contributed by atoms with van der Waals surface area (Å²) >= 11 is 0. The van der Waals surface area contributed by atoms with E-state index < -0.39 is 0 Å². The first kappa shape index (κ1) is 29.6. The fourth-order valence-electron chi connectivity index (χ4n) is 8.52. The zero-order valence-corrected chi connectivity index (χ0v) is 26.0. The number of nitrogens with zero attached hydrogens (tertiary/aromatic N) is 1. The summed E-state index contributed by atoms with van der Waals surface area (Å²) in [6.45, 7) is 2.57. The molecule has 6 rings (SSSR count). The van der Waals surface area contributed by atoms with Crippen LogP contribution in [0.1, 0.15) is 113 Å². The van der Waals surface area contributed by atoms with Crippen LogP contribution in [0, 0.1) is 5.92 Å². The molecule has 42 heavy (non-hydrogen) atoms. The minimum absolute atomic E-state index is 0.557. The van der Waals surface area contributed by atoms with Crippen molar-refractivity contribution >= 4 is 23.9 Å². The molecular formula is C39H53BN2. The van der Waals surface area contributed by atoms with E-state index in [-0.39, 0.29) is 0 Å². The number of rotatable bonds is 4. The molecule has 0 spiro atoms. The highest BCUT2D eigenvalue weighted by Crippen LogP contribution is 2.38. The Bertz CT molecular complexity index is 1180. The van der Waals surface area contributed by atoms with Gasteiger partial charge in [0, 0.05) is 30.2 Å². The molecule has 0 amide bonds. The number of likely N-dealkylation sites (tertiary alicyclic amines) is 1. The monoisotopic (exact) mass is 560 g/mol. The molecule has 0 radical (unpaired) electrons. The van der Waals surface area contributed by atoms with Gasteiger partial charge in [-0.3, -0.25) is 0 Å². The Hall–Kier alpha value is -2.52. The third-order valence-electron chi connectivity index (χ3n) is 10.7. The lowest BCUT2D eigenvalue weighted by atomic mass is 9.52. The maximum atomic E-state index is 3.90. The molecule has 1 N–H and O–H groups in total. The Morgan fingerprint density at radius 1 is 0.548 bits per heavy atom. The summed E-state index contributed by atoms with van der Waals surface area (Å²) in [5.74, 6) is 1.28. The molecule has 0 aromatic heterocycles. The Labute approximate surface area is 256 Å². The standard InChI is InChI=1S/C39H53BN2/c1-2-4-7-19-33(41-32-20-8-6-9-21-32)22-11-12-24-34(23-10-5-3-1)42-29-17-18-31(30-42)39-35-25-13-15-27-37(35)40-38-28-16-14-26-36(38)39/h6,8-9,13-16,20-21,25-28,31,33-34,39-41H,1-5,7,10-12,17-19,22-24,29-30H2. The van der Waals surface area contributed by atoms with Gasteiger partial charge >= 0.3 is 0 Å². The summed E-state index contributed by atoms with van der Waals surface area (Å²) in [7, 11) is 1.10. The predicted molar refractivity (Wildman–Crippen MR) is 183 cm³/mol. The van der Waals surface area contributed by atoms with E-state index in [2.05, 4.69) is 89.1 Å². The van der Waals surface area contributed by atoms with E-state index in [1.807, 2.05) is 0 Å². The molecule has 2 nitrogen and oxygen atoms in total. The van der Waals surface area contributed by atoms with Gasteiger partial charge in [-0.2, -0.15) is 0 Å². The van der Waals surface area contributed by atoms with Gasteiger partial charge in [-0.25, -0.2) is 0 Å². The number of fused-ring (bicyclic) bond motifs is 2. The molecule has 3 atom stereocenters. The highest BCUT2D eigenvalue weighted by atomic mass is 15.2. The average Bonchev–Trinajstić information content (AvgIpc) is 3.04. The molecule has 2 heterocycles. The third kappa shape index (κ3) is 7.70. The summed E-state index contributed by atoms with van der Waals surface area (Å²) < 4.78 is 0. The minimum Gasteiger partial charge on any atom is -0.382 e. The van der Waals surface area contributed by atoms with Crippen molar-refractivity contribution < 1.29 is 0 Å². The van der Waals surface area contributed by atoms with Crippen molar-refractivity contribution in [1.29, 1.82) is 0 Å². The van der Waals surface area contributed by atoms with Gasteiger partial charge in [0.15, 0.2) is 7.28 Å². The van der Waals surface area contributed by atoms with E-state index in [1.165, 1.54) is 115 Å². The molecule has 3 aromatic rings. The highest BCUT2D eigenvalue weighted by Gasteiger charge is 2.35. The number of hydrogen-bond acceptors (Lipinski definition) is 2. The Kier molecular flexibility index (Phi) is 10.8. The van der Waals surface area contributed by atoms with E-state index in [0.29, 0.717) is 12.0 Å². The first-order valence-electron chi connectivity index (χ1n) is 17.6. The lowest BCUT2D eigenvalue weighted by Crippen LogP contribution is -2.47. The molecule has 0 bridgehead atoms. The summed E-state index contributed by atoms with van der Waals surface area (Å²) in [5.41, 5.74) is 7.64. The van der Waals surface area contributed by atoms with E-state index in [0.717, 1.165) is 19.2 Å². The number of benzene rings is 3. The Morgan fingerprint density at radius 3 is 1.79 bits per heavy atom. The second kappa shape index (κ2) is 15.3. The predicted octanol–water partition coefficient (Wildman–Crippen LogP) is 8.17. The maximum Gasteiger partial charge on any atom is 0.193 e. The molecule has 2 fully saturated rings. The first-order valence-corrected chi connectivity index (χ1v) is 17.6. The summed E-state index contributed by atoms with van der Waals surface area (Å²) in [6, 6.07) is 31.0. The molecule has 1 saturated heterocycles. The van der Waals surface area contributed by atoms with E-state index in [9.17, 15) is 0 Å². The fraction of sp³-hybridized carbons (Fsp3) is 0.538. The number of nitrogens with one attached hydrogen (secondary N) is 1. The molecule has 3 aromatic carbocycles. The van der Waals surface area contributed by atoms with Gasteiger partial charge in [-0.15, -0.1) is 0 Å². The molecule has 222 valence electrons. The zero-order chi connectivity index (χ0) is 28.4. The number of para-hydroxylation sites is 1. The minimum atomic E-state index is 0.557. The van der Waals surface area contributed by atoms with Crippen LogP contribution >= 0.6 is 0 Å². The molecule has 3 aliphatic rings. The number of anilines is 1. The van der Waals surface area contributed by atoms with Gasteiger partial charge in [0.2, 0.25) is 0 Å². The zero-order valence-electron chi connectivity index (χ0n) is 26.0. The molecular weight excluding hydrogens is 507 g/mol. The largest absolute Gasteiger partial charge is 0.382 e. The summed E-state index contributed by atoms with van der Waals surface area (Å²) in [5, 5.41) is 3.90. The highest BCUT2D eigenvalue weighted by molar-refractivity contribution is 6.69. The van der Waals surface area contributed by atoms with Crippen molar-refractivity contribution in [2.24, 2.45) is 5.92 Å². The van der Waals surface area contributed by atoms with Gasteiger partial charge in [0.1, 0.15) is 0 Å². The average molecular weight is 561 g/mol. The topological polar surface area (TPSA) is 15.3 Å². The van der Waals surface area contributed by atoms with Gasteiger partial charge in [0.05, 0.1) is 0 Å². The van der Waals surface area contributed by atoms with Crippen molar-refractivity contribution in [2.45, 2.75) is 114 Å². The normalized spacial score (nSPS) is 25.2. The van der Waals surface area contributed by atoms with Crippen LogP contribution in [0.2, 0.25) is 0 Å². The van der Waals surface area contributed by atoms with E-state index in [4.69, 9.17) is 0 Å². The van der Waals surface area contributed by atoms with Crippen LogP contribution in [0.4, 0.5) is 5.69 Å². The lowest BCUT2D eigenvalue weighted by molar-refractivity contribution is 0.101. The molecule has 3 unspecified atom stereocenters. The fourth-order valence-corrected chi connectivity index (χ4v) is 8.52. The maximum absolute atomic E-state index is 3.90. The van der Waals surface area contributed by atoms with Crippen LogP contribution < -0.4 is 16.2 Å². The Morgan fingerprint density at radius 2 is 1.10 bits per heavy atom. The quantitative estimate of drug-likeness (QED) is 0.324. The van der Waals surface area contributed by atoms with Gasteiger partial charge in [-0.05, 0) is 74.2 Å². The summed E-state index contributed by atoms with van der Waals surface area (Å²) in [4.78, 5) is 2.96. The van der Waals surface area contributed by atoms with Crippen molar-refractivity contribution in [3.63, 3.8) is 0 Å². The Balaban J connectivity index is 1.13. The van der Waals surface area contributed by atoms with Gasteiger partial charge in [0.25, 0.3) is 0 Å². The second-order valence-corrected chi connectivity index (χ2v) is 13.6. The van der Waals surface area contributed by atoms with Crippen LogP contribution in [0.15, 0.2) is 78.9 Å². The second-order valence-electron chi connectivity index (χ2n) is 13.6. The van der Waals surface area contributed by atoms with Crippen LogP contribution in [0.5, 0.6) is 0 Å². The van der Waals surface area contributed by atoms with Crippen LogP contribution in [0.3, 0.4) is 0 Å². The summed E-state index contributed by atoms with van der Waals surface area (Å²) in [6.07, 6.45) is 20.7. The number of piperidine rings is 1. The van der Waals surface area contributed by atoms with Crippen LogP contribution in [-0.4, -0.2) is 37.4 Å². The number of hydrogen-bond donors (Lipinski definition) is 1. The third-order valence-corrected chi connectivity index (χ3v) is 10.7. The van der Waals surface area contributed by atoms with Gasteiger partial charge < -0.3 is 10.2 Å². The van der Waals surface area contributed by atoms with Crippen molar-refractivity contribution in [3.05, 3.63) is 90.0 Å².